The Balaban J connectivity index is 1.99. The summed E-state index contributed by atoms with van der Waals surface area (Å²) in [7, 11) is 1.49. The van der Waals surface area contributed by atoms with Gasteiger partial charge in [-0.3, -0.25) is 9.69 Å². The second-order valence-corrected chi connectivity index (χ2v) is 7.24. The molecule has 0 saturated carbocycles. The number of phenolic OH excluding ortho intramolecular Hbond substituents is 1. The van der Waals surface area contributed by atoms with Crippen LogP contribution in [0.4, 0.5) is 0 Å². The Labute approximate surface area is 140 Å². The summed E-state index contributed by atoms with van der Waals surface area (Å²) < 4.78 is 5.19. The molecule has 0 spiro atoms. The van der Waals surface area contributed by atoms with Gasteiger partial charge in [0.25, 0.3) is 0 Å². The minimum atomic E-state index is -0.0986. The average Bonchev–Trinajstić information content (AvgIpc) is 2.98. The molecule has 0 saturated heterocycles. The van der Waals surface area contributed by atoms with Gasteiger partial charge in [0.2, 0.25) is 0 Å². The predicted molar refractivity (Wildman–Crippen MR) is 92.6 cm³/mol. The van der Waals surface area contributed by atoms with Crippen LogP contribution >= 0.6 is 11.3 Å². The summed E-state index contributed by atoms with van der Waals surface area (Å²) in [6.45, 7) is 6.50. The van der Waals surface area contributed by atoms with E-state index in [0.29, 0.717) is 18.1 Å². The molecular weight excluding hydrogens is 310 g/mol. The van der Waals surface area contributed by atoms with Crippen LogP contribution in [0.5, 0.6) is 11.5 Å². The molecule has 23 heavy (non-hydrogen) atoms. The number of carbonyl (C=O) groups is 1. The van der Waals surface area contributed by atoms with E-state index in [2.05, 4.69) is 24.8 Å². The highest BCUT2D eigenvalue weighted by molar-refractivity contribution is 7.15. The van der Waals surface area contributed by atoms with Crippen molar-refractivity contribution in [3.05, 3.63) is 34.2 Å². The summed E-state index contributed by atoms with van der Waals surface area (Å²) in [5, 5.41) is 9.96. The molecule has 0 amide bonds. The number of hydrogen-bond donors (Lipinski definition) is 1. The smallest absolute Gasteiger partial charge is 0.168 e. The fraction of sp³-hybridized carbons (Fsp3) is 0.389. The number of hydrogen-bond acceptors (Lipinski definition) is 5. The van der Waals surface area contributed by atoms with Crippen LogP contribution in [0.2, 0.25) is 0 Å². The van der Waals surface area contributed by atoms with Crippen LogP contribution in [-0.2, 0) is 13.0 Å². The van der Waals surface area contributed by atoms with Crippen LogP contribution < -0.4 is 4.74 Å². The van der Waals surface area contributed by atoms with Crippen molar-refractivity contribution in [2.45, 2.75) is 32.9 Å². The number of aldehydes is 1. The number of rotatable bonds is 4. The first-order valence-electron chi connectivity index (χ1n) is 7.75. The number of thiophene rings is 1. The van der Waals surface area contributed by atoms with Gasteiger partial charge in [-0.1, -0.05) is 0 Å². The van der Waals surface area contributed by atoms with Gasteiger partial charge in [-0.2, -0.15) is 0 Å². The van der Waals surface area contributed by atoms with Gasteiger partial charge in [0.1, 0.15) is 0 Å². The zero-order chi connectivity index (χ0) is 16.6. The van der Waals surface area contributed by atoms with E-state index >= 15 is 0 Å². The lowest BCUT2D eigenvalue weighted by molar-refractivity contribution is 0.112. The van der Waals surface area contributed by atoms with Crippen LogP contribution in [0.3, 0.4) is 0 Å². The van der Waals surface area contributed by atoms with Gasteiger partial charge in [0, 0.05) is 28.9 Å². The highest BCUT2D eigenvalue weighted by Gasteiger charge is 2.22. The third kappa shape index (κ3) is 2.99. The van der Waals surface area contributed by atoms with Crippen molar-refractivity contribution in [3.8, 4) is 21.9 Å². The second kappa shape index (κ2) is 6.34. The van der Waals surface area contributed by atoms with Gasteiger partial charge in [0.05, 0.1) is 12.7 Å². The molecule has 0 radical (unpaired) electrons. The highest BCUT2D eigenvalue weighted by atomic mass is 32.1. The third-order valence-electron chi connectivity index (χ3n) is 4.36. The van der Waals surface area contributed by atoms with E-state index in [1.54, 1.807) is 23.5 Å². The van der Waals surface area contributed by atoms with Gasteiger partial charge in [-0.15, -0.1) is 11.3 Å². The molecule has 1 aliphatic rings. The topological polar surface area (TPSA) is 49.8 Å². The fourth-order valence-corrected chi connectivity index (χ4v) is 4.11. The number of methoxy groups -OCH3 is 1. The molecule has 4 nitrogen and oxygen atoms in total. The van der Waals surface area contributed by atoms with Gasteiger partial charge in [0.15, 0.2) is 17.8 Å². The van der Waals surface area contributed by atoms with Crippen LogP contribution in [0.15, 0.2) is 18.2 Å². The average molecular weight is 331 g/mol. The number of benzene rings is 1. The van der Waals surface area contributed by atoms with Crippen molar-refractivity contribution >= 4 is 17.6 Å². The minimum Gasteiger partial charge on any atom is -0.504 e. The Bertz CT molecular complexity index is 736. The monoisotopic (exact) mass is 331 g/mol. The van der Waals surface area contributed by atoms with Crippen LogP contribution in [-0.4, -0.2) is 36.0 Å². The number of nitrogens with zero attached hydrogens (tertiary/aromatic N) is 1. The van der Waals surface area contributed by atoms with E-state index in [0.717, 1.165) is 30.0 Å². The maximum Gasteiger partial charge on any atom is 0.168 e. The van der Waals surface area contributed by atoms with E-state index in [4.69, 9.17) is 4.74 Å². The first-order chi connectivity index (χ1) is 11.0. The second-order valence-electron chi connectivity index (χ2n) is 6.11. The number of carbonyl (C=O) groups excluding carboxylic acids is 1. The number of ether oxygens (including phenoxy) is 1. The van der Waals surface area contributed by atoms with Crippen molar-refractivity contribution in [2.75, 3.05) is 13.7 Å². The van der Waals surface area contributed by atoms with Crippen LogP contribution in [0.25, 0.3) is 10.4 Å². The van der Waals surface area contributed by atoms with Crippen LogP contribution in [0, 0.1) is 0 Å². The fourth-order valence-electron chi connectivity index (χ4n) is 2.96. The number of aromatic hydroxyl groups is 1. The quantitative estimate of drug-likeness (QED) is 0.868. The van der Waals surface area contributed by atoms with Crippen molar-refractivity contribution in [3.63, 3.8) is 0 Å². The molecule has 1 aromatic carbocycles. The predicted octanol–water partition coefficient (Wildman–Crippen LogP) is 3.71. The molecule has 1 N–H and O–H groups in total. The summed E-state index contributed by atoms with van der Waals surface area (Å²) in [4.78, 5) is 16.2. The lowest BCUT2D eigenvalue weighted by atomic mass is 10.0. The molecule has 0 atom stereocenters. The van der Waals surface area contributed by atoms with Gasteiger partial charge in [-0.05, 0) is 49.6 Å². The minimum absolute atomic E-state index is 0.0986. The molecule has 5 heteroatoms. The summed E-state index contributed by atoms with van der Waals surface area (Å²) in [5.41, 5.74) is 2.54. The zero-order valence-electron chi connectivity index (χ0n) is 13.6. The maximum absolute atomic E-state index is 11.2. The van der Waals surface area contributed by atoms with Crippen molar-refractivity contribution in [1.29, 1.82) is 0 Å². The van der Waals surface area contributed by atoms with Gasteiger partial charge in [-0.25, -0.2) is 0 Å². The molecule has 2 heterocycles. The molecule has 3 rings (SSSR count). The standard InChI is InChI=1S/C18H21NO3S/c1-11(2)19-5-4-16-13(9-19)8-17(23-16)12-6-14(10-20)18(21)15(7-12)22-3/h6-8,10-11,21H,4-5,9H2,1-3H3. The normalized spacial score (nSPS) is 14.8. The van der Waals surface area contributed by atoms with Crippen molar-refractivity contribution < 1.29 is 14.6 Å². The lowest BCUT2D eigenvalue weighted by Crippen LogP contribution is -2.35. The van der Waals surface area contributed by atoms with Gasteiger partial charge < -0.3 is 9.84 Å². The molecule has 1 aliphatic heterocycles. The van der Waals surface area contributed by atoms with E-state index in [1.807, 2.05) is 0 Å². The van der Waals surface area contributed by atoms with E-state index in [1.165, 1.54) is 17.6 Å². The number of phenols is 1. The molecule has 0 aliphatic carbocycles. The Kier molecular flexibility index (Phi) is 4.41. The van der Waals surface area contributed by atoms with Gasteiger partial charge >= 0.3 is 0 Å². The molecule has 122 valence electrons. The molecule has 1 aromatic heterocycles. The van der Waals surface area contributed by atoms with Crippen molar-refractivity contribution in [1.82, 2.24) is 4.90 Å². The first-order valence-corrected chi connectivity index (χ1v) is 8.57. The van der Waals surface area contributed by atoms with E-state index in [-0.39, 0.29) is 11.3 Å². The zero-order valence-corrected chi connectivity index (χ0v) is 14.4. The summed E-state index contributed by atoms with van der Waals surface area (Å²) in [6, 6.07) is 6.26. The summed E-state index contributed by atoms with van der Waals surface area (Å²) in [5.74, 6) is 0.235. The SMILES string of the molecule is COc1cc(-c2cc3c(s2)CCN(C(C)C)C3)cc(C=O)c1O. The Morgan fingerprint density at radius 1 is 1.35 bits per heavy atom. The highest BCUT2D eigenvalue weighted by Crippen LogP contribution is 2.39. The molecule has 2 aromatic rings. The van der Waals surface area contributed by atoms with Crippen LogP contribution in [0.1, 0.15) is 34.6 Å². The summed E-state index contributed by atoms with van der Waals surface area (Å²) >= 11 is 1.77. The Morgan fingerprint density at radius 2 is 2.13 bits per heavy atom. The van der Waals surface area contributed by atoms with E-state index in [9.17, 15) is 9.90 Å². The third-order valence-corrected chi connectivity index (χ3v) is 5.65. The number of fused-ring (bicyclic) bond motifs is 1. The van der Waals surface area contributed by atoms with E-state index < -0.39 is 0 Å². The molecular formula is C18H21NO3S. The largest absolute Gasteiger partial charge is 0.504 e. The molecule has 0 bridgehead atoms. The Morgan fingerprint density at radius 3 is 2.78 bits per heavy atom. The maximum atomic E-state index is 11.2. The molecule has 0 fully saturated rings. The summed E-state index contributed by atoms with van der Waals surface area (Å²) in [6.07, 6.45) is 1.73. The first kappa shape index (κ1) is 16.0. The Hall–Kier alpha value is -1.85. The lowest BCUT2D eigenvalue weighted by Gasteiger charge is -2.30. The molecule has 0 unspecified atom stereocenters. The van der Waals surface area contributed by atoms with Crippen molar-refractivity contribution in [2.24, 2.45) is 0 Å².